The zero-order valence-corrected chi connectivity index (χ0v) is 13.1. The molecule has 0 fully saturated rings. The van der Waals surface area contributed by atoms with Crippen LogP contribution in [0.5, 0.6) is 0 Å². The number of hydrogen-bond acceptors (Lipinski definition) is 2. The van der Waals surface area contributed by atoms with E-state index in [1.54, 1.807) is 17.8 Å². The Morgan fingerprint density at radius 1 is 0.947 bits per heavy atom. The third kappa shape index (κ3) is 4.04. The summed E-state index contributed by atoms with van der Waals surface area (Å²) >= 11 is 19.6. The second-order valence-electron chi connectivity index (χ2n) is 3.97. The summed E-state index contributed by atoms with van der Waals surface area (Å²) < 4.78 is 0. The molecule has 100 valence electrons. The number of hydrogen-bond donors (Lipinski definition) is 1. The average molecular weight is 333 g/mol. The van der Waals surface area contributed by atoms with Gasteiger partial charge in [-0.3, -0.25) is 0 Å². The first-order valence-corrected chi connectivity index (χ1v) is 7.66. The summed E-state index contributed by atoms with van der Waals surface area (Å²) in [5.74, 6) is 0. The molecule has 0 bridgehead atoms. The predicted octanol–water partition coefficient (Wildman–Crippen LogP) is 5.30. The number of benzene rings is 2. The summed E-state index contributed by atoms with van der Waals surface area (Å²) in [5.41, 5.74) is 6.77. The lowest BCUT2D eigenvalue weighted by molar-refractivity contribution is 0.944. The second kappa shape index (κ2) is 6.87. The van der Waals surface area contributed by atoms with Crippen LogP contribution in [0.3, 0.4) is 0 Å². The van der Waals surface area contributed by atoms with E-state index in [4.69, 9.17) is 40.5 Å². The standard InChI is InChI=1S/C14H12Cl3NS/c15-10-1-4-14(9(7-10)5-6-18)19-11-2-3-12(16)13(17)8-11/h1-4,7-8H,5-6,18H2. The molecular formula is C14H12Cl3NS. The first-order chi connectivity index (χ1) is 9.10. The van der Waals surface area contributed by atoms with Gasteiger partial charge in [0, 0.05) is 14.8 Å². The van der Waals surface area contributed by atoms with Crippen LogP contribution in [0.15, 0.2) is 46.2 Å². The van der Waals surface area contributed by atoms with Crippen molar-refractivity contribution in [3.63, 3.8) is 0 Å². The molecule has 19 heavy (non-hydrogen) atoms. The van der Waals surface area contributed by atoms with Crippen LogP contribution in [0.1, 0.15) is 5.56 Å². The van der Waals surface area contributed by atoms with E-state index < -0.39 is 0 Å². The van der Waals surface area contributed by atoms with Gasteiger partial charge in [0.2, 0.25) is 0 Å². The van der Waals surface area contributed by atoms with Gasteiger partial charge in [-0.2, -0.15) is 0 Å². The van der Waals surface area contributed by atoms with Crippen LogP contribution in [-0.2, 0) is 6.42 Å². The molecule has 0 atom stereocenters. The molecule has 0 unspecified atom stereocenters. The maximum Gasteiger partial charge on any atom is 0.0603 e. The number of rotatable bonds is 4. The molecule has 0 radical (unpaired) electrons. The molecule has 5 heteroatoms. The molecule has 0 spiro atoms. The molecule has 0 heterocycles. The van der Waals surface area contributed by atoms with E-state index in [0.717, 1.165) is 26.8 Å². The van der Waals surface area contributed by atoms with Crippen molar-refractivity contribution in [2.45, 2.75) is 16.2 Å². The molecule has 0 aromatic heterocycles. The van der Waals surface area contributed by atoms with Gasteiger partial charge in [0.15, 0.2) is 0 Å². The van der Waals surface area contributed by atoms with E-state index in [1.807, 2.05) is 30.3 Å². The summed E-state index contributed by atoms with van der Waals surface area (Å²) in [6.07, 6.45) is 0.796. The van der Waals surface area contributed by atoms with Crippen LogP contribution in [0.4, 0.5) is 0 Å². The summed E-state index contributed by atoms with van der Waals surface area (Å²) in [5, 5.41) is 1.84. The molecule has 0 amide bonds. The monoisotopic (exact) mass is 331 g/mol. The molecule has 0 aliphatic heterocycles. The van der Waals surface area contributed by atoms with E-state index in [9.17, 15) is 0 Å². The van der Waals surface area contributed by atoms with Crippen LogP contribution in [0.2, 0.25) is 15.1 Å². The van der Waals surface area contributed by atoms with Gasteiger partial charge in [-0.1, -0.05) is 46.6 Å². The minimum Gasteiger partial charge on any atom is -0.330 e. The topological polar surface area (TPSA) is 26.0 Å². The zero-order valence-electron chi connectivity index (χ0n) is 10.00. The maximum absolute atomic E-state index is 6.02. The molecule has 1 nitrogen and oxygen atoms in total. The molecule has 0 aliphatic rings. The summed E-state index contributed by atoms with van der Waals surface area (Å²) in [6, 6.07) is 11.4. The maximum atomic E-state index is 6.02. The Morgan fingerprint density at radius 3 is 2.42 bits per heavy atom. The Kier molecular flexibility index (Phi) is 5.43. The lowest BCUT2D eigenvalue weighted by Crippen LogP contribution is -2.03. The van der Waals surface area contributed by atoms with E-state index in [-0.39, 0.29) is 0 Å². The molecule has 0 aliphatic carbocycles. The van der Waals surface area contributed by atoms with E-state index in [1.165, 1.54) is 0 Å². The first kappa shape index (κ1) is 15.0. The Balaban J connectivity index is 2.29. The fraction of sp³-hybridized carbons (Fsp3) is 0.143. The van der Waals surface area contributed by atoms with Crippen molar-refractivity contribution >= 4 is 46.6 Å². The van der Waals surface area contributed by atoms with E-state index in [0.29, 0.717) is 16.6 Å². The lowest BCUT2D eigenvalue weighted by atomic mass is 10.1. The Bertz CT molecular complexity index is 587. The molecule has 0 saturated heterocycles. The average Bonchev–Trinajstić information content (AvgIpc) is 2.37. The van der Waals surface area contributed by atoms with Gasteiger partial charge in [-0.25, -0.2) is 0 Å². The van der Waals surface area contributed by atoms with Crippen molar-refractivity contribution in [1.29, 1.82) is 0 Å². The van der Waals surface area contributed by atoms with Gasteiger partial charge in [-0.05, 0) is 54.9 Å². The van der Waals surface area contributed by atoms with Gasteiger partial charge in [-0.15, -0.1) is 0 Å². The molecule has 2 rings (SSSR count). The third-order valence-corrected chi connectivity index (χ3v) is 4.64. The van der Waals surface area contributed by atoms with Crippen LogP contribution in [0.25, 0.3) is 0 Å². The van der Waals surface area contributed by atoms with Crippen molar-refractivity contribution in [2.75, 3.05) is 6.54 Å². The highest BCUT2D eigenvalue weighted by molar-refractivity contribution is 7.99. The van der Waals surface area contributed by atoms with Crippen LogP contribution in [0, 0.1) is 0 Å². The first-order valence-electron chi connectivity index (χ1n) is 5.71. The lowest BCUT2D eigenvalue weighted by Gasteiger charge is -2.09. The highest BCUT2D eigenvalue weighted by Gasteiger charge is 2.07. The fourth-order valence-electron chi connectivity index (χ4n) is 1.67. The van der Waals surface area contributed by atoms with E-state index in [2.05, 4.69) is 0 Å². The van der Waals surface area contributed by atoms with Crippen LogP contribution < -0.4 is 5.73 Å². The van der Waals surface area contributed by atoms with E-state index >= 15 is 0 Å². The normalized spacial score (nSPS) is 10.7. The van der Waals surface area contributed by atoms with Crippen molar-refractivity contribution in [1.82, 2.24) is 0 Å². The van der Waals surface area contributed by atoms with Crippen LogP contribution >= 0.6 is 46.6 Å². The smallest absolute Gasteiger partial charge is 0.0603 e. The molecule has 2 aromatic carbocycles. The SMILES string of the molecule is NCCc1cc(Cl)ccc1Sc1ccc(Cl)c(Cl)c1. The van der Waals surface area contributed by atoms with Gasteiger partial charge >= 0.3 is 0 Å². The van der Waals surface area contributed by atoms with Crippen molar-refractivity contribution in [3.05, 3.63) is 57.0 Å². The quantitative estimate of drug-likeness (QED) is 0.822. The Labute approximate surface area is 132 Å². The minimum absolute atomic E-state index is 0.556. The molecule has 0 saturated carbocycles. The Hall–Kier alpha value is -0.380. The molecule has 2 aromatic rings. The Morgan fingerprint density at radius 2 is 1.74 bits per heavy atom. The summed E-state index contributed by atoms with van der Waals surface area (Å²) in [6.45, 7) is 0.593. The summed E-state index contributed by atoms with van der Waals surface area (Å²) in [4.78, 5) is 2.17. The summed E-state index contributed by atoms with van der Waals surface area (Å²) in [7, 11) is 0. The molecule has 2 N–H and O–H groups in total. The molecular weight excluding hydrogens is 321 g/mol. The van der Waals surface area contributed by atoms with Gasteiger partial charge < -0.3 is 5.73 Å². The zero-order chi connectivity index (χ0) is 13.8. The van der Waals surface area contributed by atoms with Gasteiger partial charge in [0.1, 0.15) is 0 Å². The highest BCUT2D eigenvalue weighted by Crippen LogP contribution is 2.35. The second-order valence-corrected chi connectivity index (χ2v) is 6.33. The fourth-order valence-corrected chi connectivity index (χ4v) is 3.22. The number of halogens is 3. The van der Waals surface area contributed by atoms with Gasteiger partial charge in [0.25, 0.3) is 0 Å². The largest absolute Gasteiger partial charge is 0.330 e. The minimum atomic E-state index is 0.556. The highest BCUT2D eigenvalue weighted by atomic mass is 35.5. The van der Waals surface area contributed by atoms with Crippen molar-refractivity contribution in [3.8, 4) is 0 Å². The van der Waals surface area contributed by atoms with Crippen molar-refractivity contribution < 1.29 is 0 Å². The van der Waals surface area contributed by atoms with Gasteiger partial charge in [0.05, 0.1) is 10.0 Å². The predicted molar refractivity (Wildman–Crippen MR) is 84.8 cm³/mol. The van der Waals surface area contributed by atoms with Crippen molar-refractivity contribution in [2.24, 2.45) is 5.73 Å². The van der Waals surface area contributed by atoms with Crippen LogP contribution in [-0.4, -0.2) is 6.54 Å². The number of nitrogens with two attached hydrogens (primary N) is 1. The third-order valence-electron chi connectivity index (χ3n) is 2.56.